The number of carboxylic acids is 1. The number of halogens is 2. The Morgan fingerprint density at radius 1 is 1.35 bits per heavy atom. The third kappa shape index (κ3) is 3.72. The molecule has 0 unspecified atom stereocenters. The first-order chi connectivity index (χ1) is 9.46. The van der Waals surface area contributed by atoms with E-state index in [1.54, 1.807) is 6.07 Å². The minimum atomic E-state index is -1.13. The summed E-state index contributed by atoms with van der Waals surface area (Å²) < 4.78 is 14.4. The first-order valence-corrected chi connectivity index (χ1v) is 7.71. The molecule has 0 aliphatic carbocycles. The topological polar surface area (TPSA) is 40.5 Å². The van der Waals surface area contributed by atoms with Crippen molar-refractivity contribution >= 4 is 27.6 Å². The molecule has 1 rings (SSSR count). The molecule has 20 heavy (non-hydrogen) atoms. The van der Waals surface area contributed by atoms with Crippen LogP contribution in [0, 0.1) is 11.7 Å². The van der Waals surface area contributed by atoms with E-state index in [9.17, 15) is 9.18 Å². The van der Waals surface area contributed by atoms with Gasteiger partial charge in [0.15, 0.2) is 5.82 Å². The molecular formula is C15H21BrFNO2. The molecule has 0 heterocycles. The van der Waals surface area contributed by atoms with Crippen molar-refractivity contribution in [2.75, 3.05) is 18.0 Å². The molecule has 0 radical (unpaired) electrons. The Bertz CT molecular complexity index is 475. The van der Waals surface area contributed by atoms with Crippen LogP contribution in [0.1, 0.15) is 44.0 Å². The summed E-state index contributed by atoms with van der Waals surface area (Å²) in [6.07, 6.45) is 2.09. The molecular weight excluding hydrogens is 325 g/mol. The number of carboxylic acid groups (broad SMARTS) is 1. The van der Waals surface area contributed by atoms with Crippen molar-refractivity contribution in [2.45, 2.75) is 33.6 Å². The van der Waals surface area contributed by atoms with E-state index in [-0.39, 0.29) is 10.0 Å². The van der Waals surface area contributed by atoms with Gasteiger partial charge in [0, 0.05) is 13.1 Å². The Hall–Kier alpha value is -1.10. The SMILES string of the molecule is CCC(CC)CN(CC)c1ccc(C(=O)O)c(Br)c1F. The van der Waals surface area contributed by atoms with E-state index in [4.69, 9.17) is 5.11 Å². The zero-order valence-electron chi connectivity index (χ0n) is 12.1. The Balaban J connectivity index is 3.10. The van der Waals surface area contributed by atoms with Crippen LogP contribution >= 0.6 is 15.9 Å². The van der Waals surface area contributed by atoms with Crippen molar-refractivity contribution in [3.05, 3.63) is 28.0 Å². The Morgan fingerprint density at radius 3 is 2.40 bits per heavy atom. The van der Waals surface area contributed by atoms with Crippen LogP contribution in [0.5, 0.6) is 0 Å². The van der Waals surface area contributed by atoms with Crippen LogP contribution < -0.4 is 4.90 Å². The molecule has 0 aliphatic heterocycles. The summed E-state index contributed by atoms with van der Waals surface area (Å²) in [6, 6.07) is 3.00. The van der Waals surface area contributed by atoms with E-state index in [1.807, 2.05) is 11.8 Å². The normalized spacial score (nSPS) is 10.9. The van der Waals surface area contributed by atoms with Crippen molar-refractivity contribution in [2.24, 2.45) is 5.92 Å². The fraction of sp³-hybridized carbons (Fsp3) is 0.533. The van der Waals surface area contributed by atoms with Crippen LogP contribution in [-0.2, 0) is 0 Å². The van der Waals surface area contributed by atoms with E-state index in [1.165, 1.54) is 6.07 Å². The lowest BCUT2D eigenvalue weighted by Gasteiger charge is -2.28. The standard InChI is InChI=1S/C15H21BrFNO2/c1-4-10(5-2)9-18(6-3)12-8-7-11(15(19)20)13(16)14(12)17/h7-8,10H,4-6,9H2,1-3H3,(H,19,20). The smallest absolute Gasteiger partial charge is 0.336 e. The molecule has 0 saturated heterocycles. The molecule has 0 bridgehead atoms. The minimum Gasteiger partial charge on any atom is -0.478 e. The molecule has 0 fully saturated rings. The average Bonchev–Trinajstić information content (AvgIpc) is 2.43. The van der Waals surface area contributed by atoms with Gasteiger partial charge in [-0.2, -0.15) is 0 Å². The summed E-state index contributed by atoms with van der Waals surface area (Å²) in [4.78, 5) is 12.9. The maximum atomic E-state index is 14.4. The van der Waals surface area contributed by atoms with Gasteiger partial charge in [0.25, 0.3) is 0 Å². The molecule has 5 heteroatoms. The van der Waals surface area contributed by atoms with Crippen LogP contribution in [-0.4, -0.2) is 24.2 Å². The molecule has 0 aromatic heterocycles. The Morgan fingerprint density at radius 2 is 1.95 bits per heavy atom. The van der Waals surface area contributed by atoms with Gasteiger partial charge in [-0.25, -0.2) is 9.18 Å². The third-order valence-electron chi connectivity index (χ3n) is 3.65. The van der Waals surface area contributed by atoms with Crippen LogP contribution in [0.3, 0.4) is 0 Å². The summed E-state index contributed by atoms with van der Waals surface area (Å²) in [6.45, 7) is 7.69. The van der Waals surface area contributed by atoms with Crippen LogP contribution in [0.15, 0.2) is 16.6 Å². The minimum absolute atomic E-state index is 0.0190. The monoisotopic (exact) mass is 345 g/mol. The van der Waals surface area contributed by atoms with Crippen LogP contribution in [0.25, 0.3) is 0 Å². The highest BCUT2D eigenvalue weighted by Gasteiger charge is 2.20. The highest BCUT2D eigenvalue weighted by atomic mass is 79.9. The van der Waals surface area contributed by atoms with E-state index < -0.39 is 11.8 Å². The molecule has 1 aromatic carbocycles. The Kier molecular flexibility index (Phi) is 6.46. The lowest BCUT2D eigenvalue weighted by Crippen LogP contribution is -2.30. The predicted octanol–water partition coefficient (Wildman–Crippen LogP) is 4.55. The molecule has 3 nitrogen and oxygen atoms in total. The summed E-state index contributed by atoms with van der Waals surface area (Å²) in [5, 5.41) is 8.99. The van der Waals surface area contributed by atoms with Crippen molar-refractivity contribution in [3.63, 3.8) is 0 Å². The molecule has 0 aliphatic rings. The number of aromatic carboxylic acids is 1. The fourth-order valence-corrected chi connectivity index (χ4v) is 2.71. The molecule has 0 atom stereocenters. The quantitative estimate of drug-likeness (QED) is 0.787. The van der Waals surface area contributed by atoms with Gasteiger partial charge in [-0.3, -0.25) is 0 Å². The van der Waals surface area contributed by atoms with Gasteiger partial charge < -0.3 is 10.0 Å². The second-order valence-corrected chi connectivity index (χ2v) is 5.58. The third-order valence-corrected chi connectivity index (χ3v) is 4.42. The van der Waals surface area contributed by atoms with E-state index >= 15 is 0 Å². The van der Waals surface area contributed by atoms with Gasteiger partial charge in [-0.1, -0.05) is 26.7 Å². The van der Waals surface area contributed by atoms with Gasteiger partial charge in [0.05, 0.1) is 15.7 Å². The number of nitrogens with zero attached hydrogens (tertiary/aromatic N) is 1. The average molecular weight is 346 g/mol. The number of hydrogen-bond donors (Lipinski definition) is 1. The second kappa shape index (κ2) is 7.62. The molecule has 0 saturated carbocycles. The second-order valence-electron chi connectivity index (χ2n) is 4.79. The predicted molar refractivity (Wildman–Crippen MR) is 83.0 cm³/mol. The molecule has 112 valence electrons. The number of rotatable bonds is 7. The number of benzene rings is 1. The molecule has 1 aromatic rings. The number of anilines is 1. The molecule has 0 amide bonds. The summed E-state index contributed by atoms with van der Waals surface area (Å²) in [7, 11) is 0. The first kappa shape index (κ1) is 17.0. The van der Waals surface area contributed by atoms with E-state index in [0.29, 0.717) is 18.2 Å². The summed E-state index contributed by atoms with van der Waals surface area (Å²) in [5.74, 6) is -1.13. The van der Waals surface area contributed by atoms with Crippen molar-refractivity contribution in [1.29, 1.82) is 0 Å². The largest absolute Gasteiger partial charge is 0.478 e. The Labute approximate surface area is 127 Å². The van der Waals surface area contributed by atoms with Crippen molar-refractivity contribution in [1.82, 2.24) is 0 Å². The first-order valence-electron chi connectivity index (χ1n) is 6.92. The van der Waals surface area contributed by atoms with E-state index in [2.05, 4.69) is 29.8 Å². The van der Waals surface area contributed by atoms with Crippen LogP contribution in [0.4, 0.5) is 10.1 Å². The lowest BCUT2D eigenvalue weighted by molar-refractivity contribution is 0.0695. The maximum absolute atomic E-state index is 14.4. The van der Waals surface area contributed by atoms with Crippen molar-refractivity contribution in [3.8, 4) is 0 Å². The van der Waals surface area contributed by atoms with Gasteiger partial charge in [-0.15, -0.1) is 0 Å². The van der Waals surface area contributed by atoms with E-state index in [0.717, 1.165) is 19.4 Å². The lowest BCUT2D eigenvalue weighted by atomic mass is 10.0. The summed E-state index contributed by atoms with van der Waals surface area (Å²) in [5.41, 5.74) is 0.404. The van der Waals surface area contributed by atoms with Gasteiger partial charge in [0.1, 0.15) is 0 Å². The number of carbonyl (C=O) groups is 1. The van der Waals surface area contributed by atoms with Gasteiger partial charge in [0.2, 0.25) is 0 Å². The number of hydrogen-bond acceptors (Lipinski definition) is 2. The van der Waals surface area contributed by atoms with Gasteiger partial charge >= 0.3 is 5.97 Å². The zero-order chi connectivity index (χ0) is 15.3. The molecule has 0 spiro atoms. The van der Waals surface area contributed by atoms with Gasteiger partial charge in [-0.05, 0) is 40.9 Å². The van der Waals surface area contributed by atoms with Crippen LogP contribution in [0.2, 0.25) is 0 Å². The molecule has 1 N–H and O–H groups in total. The maximum Gasteiger partial charge on any atom is 0.336 e. The zero-order valence-corrected chi connectivity index (χ0v) is 13.7. The fourth-order valence-electron chi connectivity index (χ4n) is 2.21. The highest BCUT2D eigenvalue weighted by molar-refractivity contribution is 9.10. The summed E-state index contributed by atoms with van der Waals surface area (Å²) >= 11 is 3.05. The highest BCUT2D eigenvalue weighted by Crippen LogP contribution is 2.30. The van der Waals surface area contributed by atoms with Crippen molar-refractivity contribution < 1.29 is 14.3 Å².